The van der Waals surface area contributed by atoms with Gasteiger partial charge in [0.1, 0.15) is 0 Å². The van der Waals surface area contributed by atoms with Gasteiger partial charge in [-0.3, -0.25) is 0 Å². The topological polar surface area (TPSA) is 95.7 Å². The van der Waals surface area contributed by atoms with Crippen molar-refractivity contribution in [1.29, 1.82) is 0 Å². The molecule has 0 saturated heterocycles. The van der Waals surface area contributed by atoms with Crippen molar-refractivity contribution in [2.75, 3.05) is 32.5 Å². The first-order chi connectivity index (χ1) is 12.3. The molecule has 0 atom stereocenters. The number of carbonyl (C=O) groups is 1. The number of likely N-dealkylation sites (N-methyl/N-ethyl adjacent to an activating group) is 1. The van der Waals surface area contributed by atoms with E-state index in [0.717, 1.165) is 12.1 Å². The summed E-state index contributed by atoms with van der Waals surface area (Å²) in [6.45, 7) is 1.77. The van der Waals surface area contributed by atoms with E-state index in [9.17, 15) is 13.2 Å². The van der Waals surface area contributed by atoms with Crippen LogP contribution in [0.2, 0.25) is 0 Å². The van der Waals surface area contributed by atoms with Crippen LogP contribution in [0.5, 0.6) is 0 Å². The van der Waals surface area contributed by atoms with Gasteiger partial charge in [0.25, 0.3) is 0 Å². The van der Waals surface area contributed by atoms with Gasteiger partial charge in [0, 0.05) is 25.3 Å². The summed E-state index contributed by atoms with van der Waals surface area (Å²) in [5.41, 5.74) is 1.54. The van der Waals surface area contributed by atoms with Gasteiger partial charge in [0.15, 0.2) is 0 Å². The summed E-state index contributed by atoms with van der Waals surface area (Å²) in [5.74, 6) is 0. The van der Waals surface area contributed by atoms with Gasteiger partial charge < -0.3 is 15.1 Å². The van der Waals surface area contributed by atoms with Gasteiger partial charge in [-0.25, -0.2) is 18.4 Å². The number of rotatable bonds is 7. The number of nitrogens with two attached hydrogens (primary N) is 1. The second-order valence-electron chi connectivity index (χ2n) is 6.21. The van der Waals surface area contributed by atoms with E-state index < -0.39 is 10.0 Å². The first-order valence-electron chi connectivity index (χ1n) is 8.13. The van der Waals surface area contributed by atoms with Gasteiger partial charge in [0.05, 0.1) is 4.90 Å². The molecule has 26 heavy (non-hydrogen) atoms. The summed E-state index contributed by atoms with van der Waals surface area (Å²) in [4.78, 5) is 16.4. The van der Waals surface area contributed by atoms with Gasteiger partial charge in [-0.2, -0.15) is 0 Å². The van der Waals surface area contributed by atoms with Crippen LogP contribution in [0.25, 0.3) is 0 Å². The molecule has 0 heterocycles. The molecule has 7 nitrogen and oxygen atoms in total. The molecule has 2 amide bonds. The van der Waals surface area contributed by atoms with Crippen LogP contribution >= 0.6 is 0 Å². The van der Waals surface area contributed by atoms with Crippen molar-refractivity contribution in [3.63, 3.8) is 0 Å². The monoisotopic (exact) mass is 376 g/mol. The van der Waals surface area contributed by atoms with Crippen molar-refractivity contribution < 1.29 is 13.2 Å². The van der Waals surface area contributed by atoms with E-state index in [4.69, 9.17) is 5.14 Å². The Morgan fingerprint density at radius 1 is 1.00 bits per heavy atom. The molecule has 0 fully saturated rings. The molecule has 3 N–H and O–H groups in total. The zero-order chi connectivity index (χ0) is 19.2. The van der Waals surface area contributed by atoms with Crippen molar-refractivity contribution in [2.24, 2.45) is 5.14 Å². The van der Waals surface area contributed by atoms with Crippen molar-refractivity contribution in [3.05, 3.63) is 60.2 Å². The number of nitrogens with zero attached hydrogens (tertiary/aromatic N) is 2. The number of hydrogen-bond donors (Lipinski definition) is 2. The first-order valence-corrected chi connectivity index (χ1v) is 9.68. The Morgan fingerprint density at radius 2 is 1.62 bits per heavy atom. The second kappa shape index (κ2) is 8.79. The first kappa shape index (κ1) is 19.9. The summed E-state index contributed by atoms with van der Waals surface area (Å²) in [7, 11) is 0.146. The van der Waals surface area contributed by atoms with E-state index in [-0.39, 0.29) is 10.9 Å². The van der Waals surface area contributed by atoms with Crippen molar-refractivity contribution >= 4 is 21.7 Å². The van der Waals surface area contributed by atoms with Gasteiger partial charge in [-0.15, -0.1) is 0 Å². The lowest BCUT2D eigenvalue weighted by Crippen LogP contribution is -2.39. The molecule has 2 rings (SSSR count). The lowest BCUT2D eigenvalue weighted by molar-refractivity contribution is 0.202. The molecular weight excluding hydrogens is 352 g/mol. The predicted octanol–water partition coefficient (Wildman–Crippen LogP) is 1.93. The fourth-order valence-electron chi connectivity index (χ4n) is 2.31. The summed E-state index contributed by atoms with van der Waals surface area (Å²) >= 11 is 0. The highest BCUT2D eigenvalue weighted by Crippen LogP contribution is 2.14. The number of amides is 2. The summed E-state index contributed by atoms with van der Waals surface area (Å²) in [6.07, 6.45) is 0. The maximum Gasteiger partial charge on any atom is 0.322 e. The van der Waals surface area contributed by atoms with E-state index in [1.165, 1.54) is 24.3 Å². The van der Waals surface area contributed by atoms with Gasteiger partial charge in [-0.1, -0.05) is 30.3 Å². The molecule has 0 aliphatic heterocycles. The zero-order valence-electron chi connectivity index (χ0n) is 14.9. The molecular formula is C18H24N4O3S. The molecule has 0 saturated carbocycles. The summed E-state index contributed by atoms with van der Waals surface area (Å²) in [6, 6.07) is 15.3. The third-order valence-corrected chi connectivity index (χ3v) is 4.68. The number of carbonyl (C=O) groups excluding carboxylic acids is 1. The fraction of sp³-hybridized carbons (Fsp3) is 0.278. The molecule has 140 valence electrons. The van der Waals surface area contributed by atoms with Crippen LogP contribution in [0.4, 0.5) is 10.5 Å². The molecule has 0 unspecified atom stereocenters. The van der Waals surface area contributed by atoms with Gasteiger partial charge in [0.2, 0.25) is 10.0 Å². The Morgan fingerprint density at radius 3 is 2.15 bits per heavy atom. The van der Waals surface area contributed by atoms with Crippen molar-refractivity contribution in [3.8, 4) is 0 Å². The molecule has 0 bridgehead atoms. The molecule has 0 aliphatic carbocycles. The number of hydrogen-bond acceptors (Lipinski definition) is 4. The Labute approximate surface area is 154 Å². The second-order valence-corrected chi connectivity index (χ2v) is 7.77. The number of anilines is 1. The highest BCUT2D eigenvalue weighted by Gasteiger charge is 2.15. The SMILES string of the molecule is CN(C)CCN(Cc1ccccc1)C(=O)Nc1ccc(S(N)(=O)=O)cc1. The van der Waals surface area contributed by atoms with Crippen LogP contribution < -0.4 is 10.5 Å². The number of sulfonamides is 1. The van der Waals surface area contributed by atoms with E-state index in [1.807, 2.05) is 49.3 Å². The minimum absolute atomic E-state index is 0.00393. The highest BCUT2D eigenvalue weighted by molar-refractivity contribution is 7.89. The standard InChI is InChI=1S/C18H24N4O3S/c1-21(2)12-13-22(14-15-6-4-3-5-7-15)18(23)20-16-8-10-17(11-9-16)26(19,24)25/h3-11H,12-14H2,1-2H3,(H,20,23)(H2,19,24,25). The minimum Gasteiger partial charge on any atom is -0.319 e. The fourth-order valence-corrected chi connectivity index (χ4v) is 2.82. The maximum atomic E-state index is 12.7. The van der Waals surface area contributed by atoms with Crippen LogP contribution in [0.1, 0.15) is 5.56 Å². The molecule has 0 aliphatic rings. The van der Waals surface area contributed by atoms with E-state index >= 15 is 0 Å². The summed E-state index contributed by atoms with van der Waals surface area (Å²) in [5, 5.41) is 7.88. The molecule has 2 aromatic carbocycles. The average molecular weight is 376 g/mol. The zero-order valence-corrected chi connectivity index (χ0v) is 15.7. The normalized spacial score (nSPS) is 11.4. The van der Waals surface area contributed by atoms with Crippen LogP contribution in [-0.2, 0) is 16.6 Å². The Kier molecular flexibility index (Phi) is 6.73. The van der Waals surface area contributed by atoms with Crippen LogP contribution in [0.3, 0.4) is 0 Å². The number of benzene rings is 2. The average Bonchev–Trinajstić information content (AvgIpc) is 2.59. The smallest absolute Gasteiger partial charge is 0.319 e. The molecule has 0 radical (unpaired) electrons. The number of nitrogens with one attached hydrogen (secondary N) is 1. The minimum atomic E-state index is -3.75. The number of primary sulfonamides is 1. The van der Waals surface area contributed by atoms with Crippen LogP contribution in [-0.4, -0.2) is 51.4 Å². The largest absolute Gasteiger partial charge is 0.322 e. The van der Waals surface area contributed by atoms with E-state index in [0.29, 0.717) is 18.8 Å². The third-order valence-electron chi connectivity index (χ3n) is 3.75. The van der Waals surface area contributed by atoms with Gasteiger partial charge in [-0.05, 0) is 43.9 Å². The van der Waals surface area contributed by atoms with E-state index in [1.54, 1.807) is 4.90 Å². The third kappa shape index (κ3) is 6.14. The maximum absolute atomic E-state index is 12.7. The molecule has 2 aromatic rings. The Balaban J connectivity index is 2.09. The molecule has 0 aromatic heterocycles. The Hall–Kier alpha value is -2.42. The molecule has 0 spiro atoms. The lowest BCUT2D eigenvalue weighted by Gasteiger charge is -2.25. The van der Waals surface area contributed by atoms with Gasteiger partial charge >= 0.3 is 6.03 Å². The van der Waals surface area contributed by atoms with E-state index in [2.05, 4.69) is 5.32 Å². The quantitative estimate of drug-likeness (QED) is 0.772. The predicted molar refractivity (Wildman–Crippen MR) is 102 cm³/mol. The van der Waals surface area contributed by atoms with Crippen molar-refractivity contribution in [2.45, 2.75) is 11.4 Å². The Bertz CT molecular complexity index is 821. The van der Waals surface area contributed by atoms with Crippen LogP contribution in [0, 0.1) is 0 Å². The molecule has 8 heteroatoms. The summed E-state index contributed by atoms with van der Waals surface area (Å²) < 4.78 is 22.6. The van der Waals surface area contributed by atoms with Crippen LogP contribution in [0.15, 0.2) is 59.5 Å². The number of urea groups is 1. The highest BCUT2D eigenvalue weighted by atomic mass is 32.2. The lowest BCUT2D eigenvalue weighted by atomic mass is 10.2. The van der Waals surface area contributed by atoms with Crippen molar-refractivity contribution in [1.82, 2.24) is 9.80 Å².